The highest BCUT2D eigenvalue weighted by Gasteiger charge is 2.23. The zero-order valence-electron chi connectivity index (χ0n) is 12.1. The van der Waals surface area contributed by atoms with Crippen molar-refractivity contribution in [3.05, 3.63) is 29.8 Å². The van der Waals surface area contributed by atoms with Crippen LogP contribution in [0.15, 0.2) is 29.2 Å². The molecule has 0 radical (unpaired) electrons. The monoisotopic (exact) mass is 310 g/mol. The van der Waals surface area contributed by atoms with Crippen LogP contribution >= 0.6 is 0 Å². The van der Waals surface area contributed by atoms with Gasteiger partial charge in [-0.15, -0.1) is 0 Å². The average Bonchev–Trinajstić information content (AvgIpc) is 2.46. The van der Waals surface area contributed by atoms with Crippen LogP contribution in [0.1, 0.15) is 17.3 Å². The lowest BCUT2D eigenvalue weighted by Crippen LogP contribution is -2.50. The van der Waals surface area contributed by atoms with Crippen LogP contribution in [0.25, 0.3) is 0 Å². The van der Waals surface area contributed by atoms with Crippen molar-refractivity contribution in [2.45, 2.75) is 11.8 Å². The van der Waals surface area contributed by atoms with Gasteiger partial charge in [-0.05, 0) is 18.2 Å². The molecule has 21 heavy (non-hydrogen) atoms. The fraction of sp³-hybridized carbons (Fsp3) is 0.429. The molecule has 114 valence electrons. The minimum absolute atomic E-state index is 0.00109. The van der Waals surface area contributed by atoms with Gasteiger partial charge in [0.15, 0.2) is 9.84 Å². The number of nitrogens with zero attached hydrogens (tertiary/aromatic N) is 2. The molecule has 1 aliphatic heterocycles. The summed E-state index contributed by atoms with van der Waals surface area (Å²) < 4.78 is 23.1. The van der Waals surface area contributed by atoms with Gasteiger partial charge in [0, 0.05) is 44.9 Å². The Hall–Kier alpha value is -1.89. The van der Waals surface area contributed by atoms with E-state index in [0.717, 1.165) is 6.26 Å². The second-order valence-electron chi connectivity index (χ2n) is 5.10. The van der Waals surface area contributed by atoms with Crippen LogP contribution in [0.3, 0.4) is 0 Å². The molecule has 0 aliphatic carbocycles. The van der Waals surface area contributed by atoms with Gasteiger partial charge in [-0.2, -0.15) is 0 Å². The Morgan fingerprint density at radius 2 is 1.62 bits per heavy atom. The molecular weight excluding hydrogens is 292 g/mol. The molecule has 0 spiro atoms. The lowest BCUT2D eigenvalue weighted by molar-refractivity contribution is -0.130. The third-order valence-electron chi connectivity index (χ3n) is 3.52. The third kappa shape index (κ3) is 3.60. The molecule has 6 nitrogen and oxygen atoms in total. The molecule has 0 N–H and O–H groups in total. The zero-order chi connectivity index (χ0) is 15.6. The molecule has 1 aromatic carbocycles. The van der Waals surface area contributed by atoms with Gasteiger partial charge in [0.1, 0.15) is 0 Å². The third-order valence-corrected chi connectivity index (χ3v) is 4.63. The van der Waals surface area contributed by atoms with E-state index in [1.165, 1.54) is 19.1 Å². The quantitative estimate of drug-likeness (QED) is 0.792. The summed E-state index contributed by atoms with van der Waals surface area (Å²) in [7, 11) is -3.33. The molecule has 2 rings (SSSR count). The van der Waals surface area contributed by atoms with Crippen molar-refractivity contribution >= 4 is 21.7 Å². The molecule has 1 saturated heterocycles. The predicted molar refractivity (Wildman–Crippen MR) is 77.7 cm³/mol. The lowest BCUT2D eigenvalue weighted by Gasteiger charge is -2.34. The van der Waals surface area contributed by atoms with Gasteiger partial charge in [0.2, 0.25) is 5.91 Å². The van der Waals surface area contributed by atoms with Crippen LogP contribution in [0.5, 0.6) is 0 Å². The Morgan fingerprint density at radius 1 is 1.05 bits per heavy atom. The van der Waals surface area contributed by atoms with Gasteiger partial charge in [0.25, 0.3) is 5.91 Å². The van der Waals surface area contributed by atoms with E-state index in [1.807, 2.05) is 0 Å². The molecule has 0 unspecified atom stereocenters. The first-order valence-electron chi connectivity index (χ1n) is 6.64. The summed E-state index contributed by atoms with van der Waals surface area (Å²) in [6.07, 6.45) is 1.11. The zero-order valence-corrected chi connectivity index (χ0v) is 12.9. The maximum absolute atomic E-state index is 12.4. The van der Waals surface area contributed by atoms with Crippen molar-refractivity contribution in [3.8, 4) is 0 Å². The minimum Gasteiger partial charge on any atom is -0.339 e. The molecule has 1 heterocycles. The molecule has 0 aromatic heterocycles. The van der Waals surface area contributed by atoms with Crippen molar-refractivity contribution < 1.29 is 18.0 Å². The van der Waals surface area contributed by atoms with Crippen LogP contribution in [-0.2, 0) is 14.6 Å². The summed E-state index contributed by atoms with van der Waals surface area (Å²) >= 11 is 0. The Balaban J connectivity index is 2.13. The molecule has 1 aliphatic rings. The number of carbonyl (C=O) groups is 2. The summed E-state index contributed by atoms with van der Waals surface area (Å²) in [5.74, 6) is -0.204. The number of hydrogen-bond acceptors (Lipinski definition) is 4. The van der Waals surface area contributed by atoms with Crippen LogP contribution in [0.4, 0.5) is 0 Å². The van der Waals surface area contributed by atoms with Crippen LogP contribution in [-0.4, -0.2) is 62.5 Å². The molecular formula is C14H18N2O4S. The second-order valence-corrected chi connectivity index (χ2v) is 7.11. The average molecular weight is 310 g/mol. The molecule has 1 fully saturated rings. The van der Waals surface area contributed by atoms with Crippen LogP contribution in [0, 0.1) is 0 Å². The Labute approximate surface area is 124 Å². The van der Waals surface area contributed by atoms with Crippen molar-refractivity contribution in [1.82, 2.24) is 9.80 Å². The Kier molecular flexibility index (Phi) is 4.32. The summed E-state index contributed by atoms with van der Waals surface area (Å²) in [5.41, 5.74) is 0.356. The topological polar surface area (TPSA) is 74.8 Å². The Morgan fingerprint density at radius 3 is 2.14 bits per heavy atom. The lowest BCUT2D eigenvalue weighted by atomic mass is 10.2. The van der Waals surface area contributed by atoms with Gasteiger partial charge in [-0.1, -0.05) is 6.07 Å². The summed E-state index contributed by atoms with van der Waals surface area (Å²) in [6.45, 7) is 3.44. The minimum atomic E-state index is -3.33. The van der Waals surface area contributed by atoms with Crippen molar-refractivity contribution in [2.75, 3.05) is 32.4 Å². The first kappa shape index (κ1) is 15.5. The van der Waals surface area contributed by atoms with Crippen molar-refractivity contribution in [2.24, 2.45) is 0 Å². The SMILES string of the molecule is CC(=O)N1CCN(C(=O)c2cccc(S(C)(=O)=O)c2)CC1. The van der Waals surface area contributed by atoms with E-state index in [4.69, 9.17) is 0 Å². The van der Waals surface area contributed by atoms with Gasteiger partial charge < -0.3 is 9.80 Å². The van der Waals surface area contributed by atoms with Gasteiger partial charge in [-0.25, -0.2) is 8.42 Å². The number of amides is 2. The highest BCUT2D eigenvalue weighted by Crippen LogP contribution is 2.14. The number of sulfone groups is 1. The molecule has 0 atom stereocenters. The van der Waals surface area contributed by atoms with Crippen molar-refractivity contribution in [1.29, 1.82) is 0 Å². The van der Waals surface area contributed by atoms with Crippen LogP contribution < -0.4 is 0 Å². The van der Waals surface area contributed by atoms with E-state index < -0.39 is 9.84 Å². The molecule has 2 amide bonds. The fourth-order valence-electron chi connectivity index (χ4n) is 2.27. The smallest absolute Gasteiger partial charge is 0.254 e. The van der Waals surface area contributed by atoms with E-state index in [-0.39, 0.29) is 16.7 Å². The summed E-state index contributed by atoms with van der Waals surface area (Å²) in [4.78, 5) is 27.1. The highest BCUT2D eigenvalue weighted by molar-refractivity contribution is 7.90. The molecule has 1 aromatic rings. The number of hydrogen-bond donors (Lipinski definition) is 0. The highest BCUT2D eigenvalue weighted by atomic mass is 32.2. The second kappa shape index (κ2) is 5.85. The van der Waals surface area contributed by atoms with E-state index in [9.17, 15) is 18.0 Å². The fourth-order valence-corrected chi connectivity index (χ4v) is 2.93. The summed E-state index contributed by atoms with van der Waals surface area (Å²) in [6, 6.07) is 6.04. The van der Waals surface area contributed by atoms with E-state index in [0.29, 0.717) is 31.7 Å². The summed E-state index contributed by atoms with van der Waals surface area (Å²) in [5, 5.41) is 0. The maximum Gasteiger partial charge on any atom is 0.254 e. The first-order valence-corrected chi connectivity index (χ1v) is 8.53. The number of rotatable bonds is 2. The predicted octanol–water partition coefficient (Wildman–Crippen LogP) is 0.394. The largest absolute Gasteiger partial charge is 0.339 e. The van der Waals surface area contributed by atoms with Gasteiger partial charge >= 0.3 is 0 Å². The first-order chi connectivity index (χ1) is 9.79. The van der Waals surface area contributed by atoms with Crippen molar-refractivity contribution in [3.63, 3.8) is 0 Å². The number of benzene rings is 1. The normalized spacial score (nSPS) is 15.9. The van der Waals surface area contributed by atoms with E-state index in [1.54, 1.807) is 21.9 Å². The maximum atomic E-state index is 12.4. The van der Waals surface area contributed by atoms with Gasteiger partial charge in [-0.3, -0.25) is 9.59 Å². The standard InChI is InChI=1S/C14H18N2O4S/c1-11(17)15-6-8-16(9-7-15)14(18)12-4-3-5-13(10-12)21(2,19)20/h3-5,10H,6-9H2,1-2H3. The van der Waals surface area contributed by atoms with Crippen LogP contribution in [0.2, 0.25) is 0 Å². The van der Waals surface area contributed by atoms with Gasteiger partial charge in [0.05, 0.1) is 4.90 Å². The Bertz CT molecular complexity index is 661. The number of piperazine rings is 1. The number of carbonyl (C=O) groups excluding carboxylic acids is 2. The molecule has 0 bridgehead atoms. The molecule has 7 heteroatoms. The van der Waals surface area contributed by atoms with E-state index >= 15 is 0 Å². The van der Waals surface area contributed by atoms with E-state index in [2.05, 4.69) is 0 Å². The molecule has 0 saturated carbocycles.